The van der Waals surface area contributed by atoms with Crippen LogP contribution in [0.3, 0.4) is 0 Å². The molecule has 0 aromatic heterocycles. The summed E-state index contributed by atoms with van der Waals surface area (Å²) >= 11 is 5.92. The van der Waals surface area contributed by atoms with Crippen LogP contribution < -0.4 is 10.6 Å². The van der Waals surface area contributed by atoms with Gasteiger partial charge in [0.1, 0.15) is 0 Å². The molecule has 1 aromatic carbocycles. The summed E-state index contributed by atoms with van der Waals surface area (Å²) in [5.41, 5.74) is 7.11. The van der Waals surface area contributed by atoms with Crippen molar-refractivity contribution in [1.29, 1.82) is 0 Å². The Kier molecular flexibility index (Phi) is 11.4. The third kappa shape index (κ3) is 9.15. The first kappa shape index (κ1) is 21.8. The van der Waals surface area contributed by atoms with Crippen LogP contribution in [0.5, 0.6) is 0 Å². The van der Waals surface area contributed by atoms with Crippen LogP contribution in [0.1, 0.15) is 84.0 Å². The molecule has 0 saturated carbocycles. The van der Waals surface area contributed by atoms with Crippen molar-refractivity contribution in [2.24, 2.45) is 0 Å². The summed E-state index contributed by atoms with van der Waals surface area (Å²) in [5.74, 6) is 0.137. The smallest absolute Gasteiger partial charge is 0.226 e. The van der Waals surface area contributed by atoms with Gasteiger partial charge in [0.05, 0.1) is 10.7 Å². The predicted molar refractivity (Wildman–Crippen MR) is 110 cm³/mol. The number of hydrogen-bond donors (Lipinski definition) is 1. The summed E-state index contributed by atoms with van der Waals surface area (Å²) in [5, 5.41) is 0.523. The van der Waals surface area contributed by atoms with Gasteiger partial charge in [0.25, 0.3) is 0 Å². The van der Waals surface area contributed by atoms with E-state index in [4.69, 9.17) is 17.3 Å². The number of unbranched alkanes of at least 4 members (excludes halogenated alkanes) is 10. The number of halogens is 1. The molecule has 25 heavy (non-hydrogen) atoms. The first-order chi connectivity index (χ1) is 12.1. The number of carbonyl (C=O) groups excluding carboxylic acids is 1. The van der Waals surface area contributed by atoms with Crippen LogP contribution in [-0.2, 0) is 4.79 Å². The third-order valence-corrected chi connectivity index (χ3v) is 5.08. The highest BCUT2D eigenvalue weighted by Crippen LogP contribution is 2.25. The summed E-state index contributed by atoms with van der Waals surface area (Å²) in [4.78, 5) is 13.9. The van der Waals surface area contributed by atoms with E-state index in [-0.39, 0.29) is 5.91 Å². The van der Waals surface area contributed by atoms with Gasteiger partial charge in [-0.2, -0.15) is 0 Å². The van der Waals surface area contributed by atoms with Crippen molar-refractivity contribution < 1.29 is 4.79 Å². The number of rotatable bonds is 13. The average molecular weight is 367 g/mol. The number of amides is 1. The lowest BCUT2D eigenvalue weighted by atomic mass is 10.1. The first-order valence-corrected chi connectivity index (χ1v) is 10.3. The molecule has 0 unspecified atom stereocenters. The predicted octanol–water partition coefficient (Wildman–Crippen LogP) is 6.59. The molecule has 0 saturated heterocycles. The number of nitrogens with two attached hydrogens (primary N) is 1. The number of nitrogen functional groups attached to an aromatic ring is 1. The highest BCUT2D eigenvalue weighted by molar-refractivity contribution is 6.33. The maximum Gasteiger partial charge on any atom is 0.226 e. The summed E-state index contributed by atoms with van der Waals surface area (Å²) in [6, 6.07) is 5.32. The average Bonchev–Trinajstić information content (AvgIpc) is 2.61. The molecule has 1 amide bonds. The van der Waals surface area contributed by atoms with Crippen molar-refractivity contribution in [2.75, 3.05) is 17.7 Å². The molecule has 0 bridgehead atoms. The van der Waals surface area contributed by atoms with Gasteiger partial charge in [0.2, 0.25) is 5.91 Å². The van der Waals surface area contributed by atoms with Gasteiger partial charge in [0, 0.05) is 19.2 Å². The summed E-state index contributed by atoms with van der Waals surface area (Å²) < 4.78 is 0. The fourth-order valence-electron chi connectivity index (χ4n) is 2.99. The molecule has 4 heteroatoms. The molecule has 0 radical (unpaired) electrons. The van der Waals surface area contributed by atoms with Gasteiger partial charge in [-0.15, -0.1) is 0 Å². The van der Waals surface area contributed by atoms with Gasteiger partial charge in [-0.1, -0.05) is 82.7 Å². The van der Waals surface area contributed by atoms with Crippen LogP contribution in [0.4, 0.5) is 11.4 Å². The molecule has 0 fully saturated rings. The molecule has 0 aliphatic rings. The Morgan fingerprint density at radius 1 is 0.960 bits per heavy atom. The highest BCUT2D eigenvalue weighted by Gasteiger charge is 2.11. The van der Waals surface area contributed by atoms with E-state index in [1.54, 1.807) is 24.1 Å². The monoisotopic (exact) mass is 366 g/mol. The van der Waals surface area contributed by atoms with Crippen molar-refractivity contribution in [2.45, 2.75) is 84.0 Å². The molecule has 3 nitrogen and oxygen atoms in total. The van der Waals surface area contributed by atoms with E-state index in [0.717, 1.165) is 18.5 Å². The maximum absolute atomic E-state index is 12.3. The van der Waals surface area contributed by atoms with E-state index < -0.39 is 0 Å². The van der Waals surface area contributed by atoms with Crippen molar-refractivity contribution in [1.82, 2.24) is 0 Å². The third-order valence-electron chi connectivity index (χ3n) is 4.74. The zero-order valence-corrected chi connectivity index (χ0v) is 16.8. The molecule has 1 aromatic rings. The molecule has 0 spiro atoms. The summed E-state index contributed by atoms with van der Waals surface area (Å²) in [7, 11) is 1.80. The van der Waals surface area contributed by atoms with Gasteiger partial charge in [-0.25, -0.2) is 0 Å². The van der Waals surface area contributed by atoms with Crippen LogP contribution in [0.15, 0.2) is 18.2 Å². The normalized spacial score (nSPS) is 10.8. The second kappa shape index (κ2) is 13.0. The molecule has 2 N–H and O–H groups in total. The number of benzene rings is 1. The Balaban J connectivity index is 2.07. The number of carbonyl (C=O) groups is 1. The fraction of sp³-hybridized carbons (Fsp3) is 0.667. The van der Waals surface area contributed by atoms with Crippen LogP contribution >= 0.6 is 11.6 Å². The molecule has 1 rings (SSSR count). The molecular formula is C21H35ClN2O. The zero-order valence-electron chi connectivity index (χ0n) is 16.0. The lowest BCUT2D eigenvalue weighted by Gasteiger charge is -2.18. The lowest BCUT2D eigenvalue weighted by molar-refractivity contribution is -0.118. The Hall–Kier alpha value is -1.22. The van der Waals surface area contributed by atoms with Gasteiger partial charge in [0.15, 0.2) is 0 Å². The molecular weight excluding hydrogens is 332 g/mol. The van der Waals surface area contributed by atoms with E-state index in [9.17, 15) is 4.79 Å². The van der Waals surface area contributed by atoms with E-state index in [2.05, 4.69) is 6.92 Å². The SMILES string of the molecule is CCCCCCCCCCCCCC(=O)N(C)c1ccc(Cl)c(N)c1. The van der Waals surface area contributed by atoms with Crippen molar-refractivity contribution in [3.05, 3.63) is 23.2 Å². The molecule has 0 aliphatic carbocycles. The van der Waals surface area contributed by atoms with Crippen molar-refractivity contribution in [3.8, 4) is 0 Å². The Morgan fingerprint density at radius 2 is 1.48 bits per heavy atom. The van der Waals surface area contributed by atoms with Crippen molar-refractivity contribution >= 4 is 28.9 Å². The maximum atomic E-state index is 12.3. The molecule has 0 atom stereocenters. The van der Waals surface area contributed by atoms with E-state index in [1.807, 2.05) is 6.07 Å². The minimum atomic E-state index is 0.137. The molecule has 142 valence electrons. The van der Waals surface area contributed by atoms with Gasteiger partial charge < -0.3 is 10.6 Å². The zero-order chi connectivity index (χ0) is 18.5. The lowest BCUT2D eigenvalue weighted by Crippen LogP contribution is -2.25. The highest BCUT2D eigenvalue weighted by atomic mass is 35.5. The first-order valence-electron chi connectivity index (χ1n) is 9.87. The Morgan fingerprint density at radius 3 is 2.00 bits per heavy atom. The van der Waals surface area contributed by atoms with Gasteiger partial charge in [-0.3, -0.25) is 4.79 Å². The minimum absolute atomic E-state index is 0.137. The van der Waals surface area contributed by atoms with E-state index in [1.165, 1.54) is 57.8 Å². The van der Waals surface area contributed by atoms with Crippen LogP contribution in [0.25, 0.3) is 0 Å². The fourth-order valence-corrected chi connectivity index (χ4v) is 3.11. The Bertz CT molecular complexity index is 505. The second-order valence-corrected chi connectivity index (χ2v) is 7.35. The van der Waals surface area contributed by atoms with Crippen LogP contribution in [-0.4, -0.2) is 13.0 Å². The number of nitrogens with zero attached hydrogens (tertiary/aromatic N) is 1. The van der Waals surface area contributed by atoms with Crippen LogP contribution in [0.2, 0.25) is 5.02 Å². The standard InChI is InChI=1S/C21H35ClN2O/c1-3-4-5-6-7-8-9-10-11-12-13-14-21(25)24(2)18-15-16-19(22)20(23)17-18/h15-17H,3-14,23H2,1-2H3. The quantitative estimate of drug-likeness (QED) is 0.316. The second-order valence-electron chi connectivity index (χ2n) is 6.94. The number of anilines is 2. The van der Waals surface area contributed by atoms with Gasteiger partial charge in [-0.05, 0) is 24.6 Å². The van der Waals surface area contributed by atoms with Crippen molar-refractivity contribution in [3.63, 3.8) is 0 Å². The summed E-state index contributed by atoms with van der Waals surface area (Å²) in [6.07, 6.45) is 14.8. The Labute approximate surface area is 158 Å². The number of hydrogen-bond acceptors (Lipinski definition) is 2. The van der Waals surface area contributed by atoms with E-state index >= 15 is 0 Å². The summed E-state index contributed by atoms with van der Waals surface area (Å²) in [6.45, 7) is 2.26. The topological polar surface area (TPSA) is 46.3 Å². The molecule has 0 aliphatic heterocycles. The minimum Gasteiger partial charge on any atom is -0.397 e. The van der Waals surface area contributed by atoms with E-state index in [0.29, 0.717) is 17.1 Å². The largest absolute Gasteiger partial charge is 0.397 e. The van der Waals surface area contributed by atoms with Crippen LogP contribution in [0, 0.1) is 0 Å². The van der Waals surface area contributed by atoms with Gasteiger partial charge >= 0.3 is 0 Å². The molecule has 0 heterocycles.